The van der Waals surface area contributed by atoms with Gasteiger partial charge in [0.25, 0.3) is 5.91 Å². The molecule has 0 aromatic carbocycles. The number of hydrogen-bond acceptors (Lipinski definition) is 3. The average Bonchev–Trinajstić information content (AvgIpc) is 2.32. The van der Waals surface area contributed by atoms with E-state index in [1.807, 2.05) is 18.7 Å². The Labute approximate surface area is 109 Å². The van der Waals surface area contributed by atoms with Gasteiger partial charge in [0, 0.05) is 30.0 Å². The first-order valence-electron chi connectivity index (χ1n) is 5.60. The van der Waals surface area contributed by atoms with Gasteiger partial charge in [0.15, 0.2) is 0 Å². The lowest BCUT2D eigenvalue weighted by Crippen LogP contribution is -2.44. The molecule has 1 aromatic rings. The van der Waals surface area contributed by atoms with E-state index < -0.39 is 0 Å². The van der Waals surface area contributed by atoms with Crippen molar-refractivity contribution in [1.82, 2.24) is 9.88 Å². The molecule has 92 valence electrons. The molecule has 5 heteroatoms. The van der Waals surface area contributed by atoms with E-state index in [0.29, 0.717) is 25.3 Å². The maximum Gasteiger partial charge on any atom is 0.255 e. The van der Waals surface area contributed by atoms with Crippen LogP contribution in [0.15, 0.2) is 16.9 Å². The van der Waals surface area contributed by atoms with Crippen LogP contribution in [-0.4, -0.2) is 41.6 Å². The molecule has 2 rings (SSSR count). The monoisotopic (exact) mass is 298 g/mol. The second kappa shape index (κ2) is 5.14. The van der Waals surface area contributed by atoms with E-state index in [-0.39, 0.29) is 12.0 Å². The van der Waals surface area contributed by atoms with E-state index in [1.165, 1.54) is 0 Å². The summed E-state index contributed by atoms with van der Waals surface area (Å²) in [5.41, 5.74) is 1.60. The number of halogens is 1. The fraction of sp³-hybridized carbons (Fsp3) is 0.500. The predicted molar refractivity (Wildman–Crippen MR) is 68.0 cm³/mol. The van der Waals surface area contributed by atoms with Gasteiger partial charge in [-0.1, -0.05) is 0 Å². The highest BCUT2D eigenvalue weighted by molar-refractivity contribution is 9.10. The van der Waals surface area contributed by atoms with Crippen LogP contribution in [0.1, 0.15) is 22.8 Å². The summed E-state index contributed by atoms with van der Waals surface area (Å²) in [5, 5.41) is 0. The Morgan fingerprint density at radius 3 is 3.06 bits per heavy atom. The number of amides is 1. The van der Waals surface area contributed by atoms with Gasteiger partial charge in [-0.15, -0.1) is 0 Å². The molecular formula is C12H15BrN2O2. The molecule has 1 saturated heterocycles. The molecule has 1 aromatic heterocycles. The molecule has 2 heterocycles. The van der Waals surface area contributed by atoms with Crippen LogP contribution >= 0.6 is 15.9 Å². The molecule has 0 N–H and O–H groups in total. The number of rotatable bonds is 1. The lowest BCUT2D eigenvalue weighted by molar-refractivity contribution is -0.0124. The molecular weight excluding hydrogens is 284 g/mol. The Balaban J connectivity index is 2.22. The van der Waals surface area contributed by atoms with Crippen molar-refractivity contribution in [1.29, 1.82) is 0 Å². The van der Waals surface area contributed by atoms with Crippen LogP contribution in [0.4, 0.5) is 0 Å². The first-order chi connectivity index (χ1) is 8.09. The first-order valence-corrected chi connectivity index (χ1v) is 6.40. The van der Waals surface area contributed by atoms with Crippen molar-refractivity contribution in [2.24, 2.45) is 0 Å². The van der Waals surface area contributed by atoms with Gasteiger partial charge in [-0.2, -0.15) is 0 Å². The standard InChI is InChI=1S/C12H15BrN2O2/c1-8-7-15(3-4-17-8)12(16)10-5-14-6-11(13)9(10)2/h5-6,8H,3-4,7H2,1-2H3. The SMILES string of the molecule is Cc1c(Br)cncc1C(=O)N1CCOC(C)C1. The summed E-state index contributed by atoms with van der Waals surface area (Å²) in [5.74, 6) is 0.0338. The Morgan fingerprint density at radius 2 is 2.35 bits per heavy atom. The number of hydrogen-bond donors (Lipinski definition) is 0. The zero-order valence-electron chi connectivity index (χ0n) is 9.94. The van der Waals surface area contributed by atoms with E-state index >= 15 is 0 Å². The Hall–Kier alpha value is -0.940. The molecule has 1 unspecified atom stereocenters. The highest BCUT2D eigenvalue weighted by Crippen LogP contribution is 2.20. The van der Waals surface area contributed by atoms with Gasteiger partial charge in [-0.3, -0.25) is 9.78 Å². The quantitative estimate of drug-likeness (QED) is 0.796. The van der Waals surface area contributed by atoms with Crippen LogP contribution in [0.3, 0.4) is 0 Å². The van der Waals surface area contributed by atoms with Crippen molar-refractivity contribution >= 4 is 21.8 Å². The smallest absolute Gasteiger partial charge is 0.255 e. The Kier molecular flexibility index (Phi) is 3.79. The molecule has 1 aliphatic rings. The number of carbonyl (C=O) groups excluding carboxylic acids is 1. The second-order valence-electron chi connectivity index (χ2n) is 4.23. The molecule has 0 radical (unpaired) electrons. The topological polar surface area (TPSA) is 42.4 Å². The minimum absolute atomic E-state index is 0.0338. The fourth-order valence-electron chi connectivity index (χ4n) is 1.89. The van der Waals surface area contributed by atoms with E-state index in [4.69, 9.17) is 4.74 Å². The average molecular weight is 299 g/mol. The molecule has 1 aliphatic heterocycles. The molecule has 17 heavy (non-hydrogen) atoms. The van der Waals surface area contributed by atoms with Gasteiger partial charge in [0.1, 0.15) is 0 Å². The lowest BCUT2D eigenvalue weighted by Gasteiger charge is -2.31. The van der Waals surface area contributed by atoms with Gasteiger partial charge in [0.05, 0.1) is 18.3 Å². The zero-order valence-corrected chi connectivity index (χ0v) is 11.5. The Bertz CT molecular complexity index is 437. The number of carbonyl (C=O) groups is 1. The molecule has 1 amide bonds. The van der Waals surface area contributed by atoms with Crippen LogP contribution in [0.25, 0.3) is 0 Å². The molecule has 1 atom stereocenters. The van der Waals surface area contributed by atoms with Crippen LogP contribution in [0, 0.1) is 6.92 Å². The highest BCUT2D eigenvalue weighted by Gasteiger charge is 2.24. The van der Waals surface area contributed by atoms with E-state index in [0.717, 1.165) is 10.0 Å². The van der Waals surface area contributed by atoms with Crippen LogP contribution < -0.4 is 0 Å². The molecule has 1 fully saturated rings. The minimum atomic E-state index is 0.0338. The summed E-state index contributed by atoms with van der Waals surface area (Å²) in [4.78, 5) is 18.2. The van der Waals surface area contributed by atoms with Gasteiger partial charge in [0.2, 0.25) is 0 Å². The minimum Gasteiger partial charge on any atom is -0.375 e. The molecule has 0 bridgehead atoms. The Morgan fingerprint density at radius 1 is 1.59 bits per heavy atom. The van der Waals surface area contributed by atoms with Crippen molar-refractivity contribution in [2.45, 2.75) is 20.0 Å². The highest BCUT2D eigenvalue weighted by atomic mass is 79.9. The summed E-state index contributed by atoms with van der Waals surface area (Å²) in [7, 11) is 0. The van der Waals surface area contributed by atoms with Crippen LogP contribution in [0.5, 0.6) is 0 Å². The zero-order chi connectivity index (χ0) is 12.4. The summed E-state index contributed by atoms with van der Waals surface area (Å²) in [6.07, 6.45) is 3.43. The maximum atomic E-state index is 12.3. The van der Waals surface area contributed by atoms with Gasteiger partial charge < -0.3 is 9.64 Å². The third-order valence-corrected chi connectivity index (χ3v) is 3.71. The van der Waals surface area contributed by atoms with Gasteiger partial charge in [-0.25, -0.2) is 0 Å². The van der Waals surface area contributed by atoms with Crippen LogP contribution in [-0.2, 0) is 4.74 Å². The van der Waals surface area contributed by atoms with E-state index in [2.05, 4.69) is 20.9 Å². The lowest BCUT2D eigenvalue weighted by atomic mass is 10.1. The van der Waals surface area contributed by atoms with Crippen LogP contribution in [0.2, 0.25) is 0 Å². The molecule has 4 nitrogen and oxygen atoms in total. The summed E-state index contributed by atoms with van der Waals surface area (Å²) in [6.45, 7) is 5.79. The van der Waals surface area contributed by atoms with E-state index in [9.17, 15) is 4.79 Å². The summed E-state index contributed by atoms with van der Waals surface area (Å²) < 4.78 is 6.29. The molecule has 0 aliphatic carbocycles. The van der Waals surface area contributed by atoms with Crippen molar-refractivity contribution in [2.75, 3.05) is 19.7 Å². The normalized spacial score (nSPS) is 20.4. The first kappa shape index (κ1) is 12.5. The predicted octanol–water partition coefficient (Wildman–Crippen LogP) is 2.01. The van der Waals surface area contributed by atoms with Crippen molar-refractivity contribution in [3.05, 3.63) is 28.0 Å². The number of morpholine rings is 1. The number of nitrogens with zero attached hydrogens (tertiary/aromatic N) is 2. The van der Waals surface area contributed by atoms with Crippen molar-refractivity contribution in [3.8, 4) is 0 Å². The van der Waals surface area contributed by atoms with Crippen molar-refractivity contribution < 1.29 is 9.53 Å². The fourth-order valence-corrected chi connectivity index (χ4v) is 2.22. The summed E-state index contributed by atoms with van der Waals surface area (Å²) in [6, 6.07) is 0. The third-order valence-electron chi connectivity index (χ3n) is 2.91. The largest absolute Gasteiger partial charge is 0.375 e. The number of aromatic nitrogens is 1. The maximum absolute atomic E-state index is 12.3. The van der Waals surface area contributed by atoms with Gasteiger partial charge in [-0.05, 0) is 35.3 Å². The number of ether oxygens (including phenoxy) is 1. The van der Waals surface area contributed by atoms with E-state index in [1.54, 1.807) is 12.4 Å². The molecule has 0 saturated carbocycles. The molecule has 0 spiro atoms. The second-order valence-corrected chi connectivity index (χ2v) is 5.08. The van der Waals surface area contributed by atoms with Crippen molar-refractivity contribution in [3.63, 3.8) is 0 Å². The van der Waals surface area contributed by atoms with Gasteiger partial charge >= 0.3 is 0 Å². The summed E-state index contributed by atoms with van der Waals surface area (Å²) >= 11 is 3.39. The number of pyridine rings is 1. The third kappa shape index (κ3) is 2.66.